The van der Waals surface area contributed by atoms with Crippen LogP contribution < -0.4 is 0 Å². The molecule has 4 aliphatic carbocycles. The van der Waals surface area contributed by atoms with E-state index in [2.05, 4.69) is 6.92 Å². The molecule has 5 rings (SSSR count). The molecule has 0 bridgehead atoms. The summed E-state index contributed by atoms with van der Waals surface area (Å²) in [6.07, 6.45) is 8.63. The van der Waals surface area contributed by atoms with E-state index >= 15 is 0 Å². The molecule has 0 aromatic rings. The molecule has 0 radical (unpaired) electrons. The van der Waals surface area contributed by atoms with Gasteiger partial charge in [-0.25, -0.2) is 0 Å². The summed E-state index contributed by atoms with van der Waals surface area (Å²) in [5.74, 6) is 0.100. The number of ketones is 3. The molecule has 1 N–H and O–H groups in total. The SMILES string of the molecule is CC.CC12C=CC(=O)C=C1CCC1C2C(=O)CC23OC2(C(=O)CO)CCC13. The standard InChI is InChI=1S/C20H22O5.C2H6/c1-18-6-4-12(22)8-11(18)2-3-13-14-5-7-19(16(24)10-21)20(14,25-19)9-15(23)17(13)18;1-2/h4,6,8,13-14,17,21H,2-3,5,7,9-10H2,1H3;1-2H3. The van der Waals surface area contributed by atoms with Crippen LogP contribution in [0.5, 0.6) is 0 Å². The third kappa shape index (κ3) is 2.16. The Morgan fingerprint density at radius 3 is 2.74 bits per heavy atom. The number of rotatable bonds is 2. The maximum absolute atomic E-state index is 13.2. The third-order valence-corrected chi connectivity index (χ3v) is 7.72. The van der Waals surface area contributed by atoms with Crippen LogP contribution in [0.3, 0.4) is 0 Å². The second kappa shape index (κ2) is 5.95. The molecule has 5 heteroatoms. The molecule has 1 aliphatic heterocycles. The predicted octanol–water partition coefficient (Wildman–Crippen LogP) is 2.56. The van der Waals surface area contributed by atoms with Crippen LogP contribution in [-0.2, 0) is 19.1 Å². The highest BCUT2D eigenvalue weighted by Crippen LogP contribution is 2.72. The summed E-state index contributed by atoms with van der Waals surface area (Å²) in [7, 11) is 0. The molecule has 1 heterocycles. The Labute approximate surface area is 159 Å². The van der Waals surface area contributed by atoms with Crippen molar-refractivity contribution in [1.82, 2.24) is 0 Å². The molecular formula is C22H28O5. The van der Waals surface area contributed by atoms with Crippen LogP contribution in [0.25, 0.3) is 0 Å². The predicted molar refractivity (Wildman–Crippen MR) is 98.9 cm³/mol. The van der Waals surface area contributed by atoms with E-state index in [1.807, 2.05) is 19.9 Å². The first-order chi connectivity index (χ1) is 12.9. The van der Waals surface area contributed by atoms with Gasteiger partial charge < -0.3 is 9.84 Å². The van der Waals surface area contributed by atoms with Crippen LogP contribution in [0.1, 0.15) is 52.9 Å². The van der Waals surface area contributed by atoms with Gasteiger partial charge in [-0.2, -0.15) is 0 Å². The molecule has 0 aromatic heterocycles. The number of epoxide rings is 1. The zero-order valence-electron chi connectivity index (χ0n) is 16.3. The summed E-state index contributed by atoms with van der Waals surface area (Å²) in [5, 5.41) is 9.33. The van der Waals surface area contributed by atoms with E-state index in [0.29, 0.717) is 6.42 Å². The molecule has 146 valence electrons. The first-order valence-electron chi connectivity index (χ1n) is 10.2. The van der Waals surface area contributed by atoms with E-state index in [1.54, 1.807) is 12.2 Å². The molecule has 3 saturated carbocycles. The Morgan fingerprint density at radius 1 is 1.30 bits per heavy atom. The maximum Gasteiger partial charge on any atom is 0.192 e. The van der Waals surface area contributed by atoms with Crippen LogP contribution in [0.4, 0.5) is 0 Å². The number of carbonyl (C=O) groups is 3. The fourth-order valence-electron chi connectivity index (χ4n) is 6.64. The van der Waals surface area contributed by atoms with Crippen molar-refractivity contribution in [3.63, 3.8) is 0 Å². The minimum absolute atomic E-state index is 0.00426. The van der Waals surface area contributed by atoms with Gasteiger partial charge in [0, 0.05) is 17.8 Å². The van der Waals surface area contributed by atoms with Crippen molar-refractivity contribution in [2.45, 2.75) is 64.1 Å². The maximum atomic E-state index is 13.2. The van der Waals surface area contributed by atoms with Crippen LogP contribution in [0.2, 0.25) is 0 Å². The summed E-state index contributed by atoms with van der Waals surface area (Å²) in [5.41, 5.74) is -0.909. The van der Waals surface area contributed by atoms with Gasteiger partial charge >= 0.3 is 0 Å². The van der Waals surface area contributed by atoms with Crippen LogP contribution in [-0.4, -0.2) is 40.3 Å². The summed E-state index contributed by atoms with van der Waals surface area (Å²) in [4.78, 5) is 37.2. The molecule has 6 atom stereocenters. The Hall–Kier alpha value is -1.59. The number of fused-ring (bicyclic) bond motifs is 4. The normalized spacial score (nSPS) is 46.2. The first-order valence-corrected chi connectivity index (χ1v) is 10.2. The van der Waals surface area contributed by atoms with Crippen LogP contribution in [0.15, 0.2) is 23.8 Å². The number of aliphatic hydroxyl groups excluding tert-OH is 1. The van der Waals surface area contributed by atoms with Crippen LogP contribution >= 0.6 is 0 Å². The number of Topliss-reactive ketones (excluding diaryl/α,β-unsaturated/α-hetero) is 2. The van der Waals surface area contributed by atoms with Gasteiger partial charge in [0.15, 0.2) is 17.2 Å². The van der Waals surface area contributed by atoms with Gasteiger partial charge in [0.05, 0.1) is 0 Å². The van der Waals surface area contributed by atoms with E-state index in [4.69, 9.17) is 4.74 Å². The topological polar surface area (TPSA) is 84.0 Å². The van der Waals surface area contributed by atoms with Gasteiger partial charge in [0.1, 0.15) is 18.0 Å². The van der Waals surface area contributed by atoms with Crippen LogP contribution in [0, 0.1) is 23.2 Å². The minimum atomic E-state index is -0.914. The van der Waals surface area contributed by atoms with Crippen molar-refractivity contribution in [2.75, 3.05) is 6.61 Å². The Balaban J connectivity index is 0.000000872. The Kier molecular flexibility index (Phi) is 4.13. The van der Waals surface area contributed by atoms with Gasteiger partial charge in [-0.05, 0) is 49.7 Å². The van der Waals surface area contributed by atoms with Crippen molar-refractivity contribution in [3.05, 3.63) is 23.8 Å². The highest BCUT2D eigenvalue weighted by atomic mass is 16.6. The molecule has 27 heavy (non-hydrogen) atoms. The molecule has 5 aliphatic rings. The average molecular weight is 372 g/mol. The quantitative estimate of drug-likeness (QED) is 0.753. The van der Waals surface area contributed by atoms with E-state index in [0.717, 1.165) is 24.8 Å². The number of allylic oxidation sites excluding steroid dienone is 4. The van der Waals surface area contributed by atoms with Gasteiger partial charge in [0.2, 0.25) is 0 Å². The van der Waals surface area contributed by atoms with Crippen molar-refractivity contribution < 1.29 is 24.2 Å². The van der Waals surface area contributed by atoms with Crippen molar-refractivity contribution >= 4 is 17.3 Å². The molecular weight excluding hydrogens is 344 g/mol. The first kappa shape index (κ1) is 18.8. The molecule has 6 unspecified atom stereocenters. The monoisotopic (exact) mass is 372 g/mol. The van der Waals surface area contributed by atoms with Gasteiger partial charge in [-0.3, -0.25) is 14.4 Å². The number of ether oxygens (including phenoxy) is 1. The van der Waals surface area contributed by atoms with E-state index < -0.39 is 23.2 Å². The summed E-state index contributed by atoms with van der Waals surface area (Å²) < 4.78 is 5.97. The number of aliphatic hydroxyl groups is 1. The third-order valence-electron chi connectivity index (χ3n) is 7.72. The lowest BCUT2D eigenvalue weighted by Crippen LogP contribution is -2.54. The molecule has 5 nitrogen and oxygen atoms in total. The lowest BCUT2D eigenvalue weighted by molar-refractivity contribution is -0.138. The molecule has 1 spiro atoms. The van der Waals surface area contributed by atoms with Gasteiger partial charge in [-0.1, -0.05) is 32.4 Å². The second-order valence-electron chi connectivity index (χ2n) is 8.56. The fourth-order valence-corrected chi connectivity index (χ4v) is 6.64. The number of hydrogen-bond donors (Lipinski definition) is 1. The van der Waals surface area contributed by atoms with Gasteiger partial charge in [-0.15, -0.1) is 0 Å². The van der Waals surface area contributed by atoms with E-state index in [1.165, 1.54) is 0 Å². The highest BCUT2D eigenvalue weighted by Gasteiger charge is 2.83. The molecule has 0 amide bonds. The number of hydrogen-bond acceptors (Lipinski definition) is 5. The van der Waals surface area contributed by atoms with E-state index in [9.17, 15) is 19.5 Å². The zero-order chi connectivity index (χ0) is 19.6. The van der Waals surface area contributed by atoms with Crippen molar-refractivity contribution in [3.8, 4) is 0 Å². The summed E-state index contributed by atoms with van der Waals surface area (Å²) in [6.45, 7) is 5.55. The smallest absolute Gasteiger partial charge is 0.192 e. The number of carbonyl (C=O) groups excluding carboxylic acids is 3. The van der Waals surface area contributed by atoms with Gasteiger partial charge in [0.25, 0.3) is 0 Å². The molecule has 4 fully saturated rings. The lowest BCUT2D eigenvalue weighted by Gasteiger charge is -2.52. The summed E-state index contributed by atoms with van der Waals surface area (Å²) in [6, 6.07) is 0. The molecule has 1 saturated heterocycles. The minimum Gasteiger partial charge on any atom is -0.388 e. The molecule has 0 aromatic carbocycles. The fraction of sp³-hybridized carbons (Fsp3) is 0.682. The average Bonchev–Trinajstić information content (AvgIpc) is 3.19. The summed E-state index contributed by atoms with van der Waals surface area (Å²) >= 11 is 0. The zero-order valence-corrected chi connectivity index (χ0v) is 16.3. The Morgan fingerprint density at radius 2 is 2.04 bits per heavy atom. The van der Waals surface area contributed by atoms with E-state index in [-0.39, 0.29) is 41.5 Å². The largest absolute Gasteiger partial charge is 0.388 e. The van der Waals surface area contributed by atoms with Crippen molar-refractivity contribution in [1.29, 1.82) is 0 Å². The highest BCUT2D eigenvalue weighted by molar-refractivity contribution is 6.02. The second-order valence-corrected chi connectivity index (χ2v) is 8.56. The Bertz CT molecular complexity index is 780. The van der Waals surface area contributed by atoms with Crippen molar-refractivity contribution in [2.24, 2.45) is 23.2 Å². The lowest BCUT2D eigenvalue weighted by atomic mass is 9.50.